The maximum Gasteiger partial charge on any atom is 0.343 e. The summed E-state index contributed by atoms with van der Waals surface area (Å²) in [5, 5.41) is 3.91. The van der Waals surface area contributed by atoms with E-state index in [1.807, 2.05) is 25.1 Å². The highest BCUT2D eigenvalue weighted by atomic mass is 16.6. The number of nitrogens with zero attached hydrogens (tertiary/aromatic N) is 1. The minimum atomic E-state index is -0.485. The van der Waals surface area contributed by atoms with E-state index in [0.29, 0.717) is 22.6 Å². The molecule has 0 spiro atoms. The summed E-state index contributed by atoms with van der Waals surface area (Å²) in [5.74, 6) is 0.375. The van der Waals surface area contributed by atoms with Gasteiger partial charge in [0.05, 0.1) is 18.9 Å². The Bertz CT molecular complexity index is 1060. The standard InChI is InChI=1S/C24H22N2O5/c1-17-8-11-20(12-9-17)30-16-23(27)26-25-15-18-10-13-21(22(14-18)29-2)31-24(28)19-6-4-3-5-7-19/h3-15H,16H2,1-2H3,(H,26,27)/b25-15+. The van der Waals surface area contributed by atoms with Gasteiger partial charge in [-0.3, -0.25) is 4.79 Å². The van der Waals surface area contributed by atoms with Gasteiger partial charge in [-0.1, -0.05) is 35.9 Å². The number of esters is 1. The zero-order valence-corrected chi connectivity index (χ0v) is 17.2. The van der Waals surface area contributed by atoms with Gasteiger partial charge in [-0.15, -0.1) is 0 Å². The molecule has 0 unspecified atom stereocenters. The van der Waals surface area contributed by atoms with Crippen LogP contribution in [0.2, 0.25) is 0 Å². The molecule has 0 fully saturated rings. The molecule has 3 rings (SSSR count). The van der Waals surface area contributed by atoms with E-state index in [1.54, 1.807) is 54.6 Å². The lowest BCUT2D eigenvalue weighted by molar-refractivity contribution is -0.123. The first kappa shape index (κ1) is 21.6. The van der Waals surface area contributed by atoms with Crippen molar-refractivity contribution in [2.45, 2.75) is 6.92 Å². The lowest BCUT2D eigenvalue weighted by Crippen LogP contribution is -2.24. The highest BCUT2D eigenvalue weighted by Crippen LogP contribution is 2.28. The molecule has 158 valence electrons. The van der Waals surface area contributed by atoms with Crippen LogP contribution in [0.3, 0.4) is 0 Å². The fourth-order valence-corrected chi connectivity index (χ4v) is 2.58. The SMILES string of the molecule is COc1cc(/C=N/NC(=O)COc2ccc(C)cc2)ccc1OC(=O)c1ccccc1. The Morgan fingerprint density at radius 2 is 1.71 bits per heavy atom. The lowest BCUT2D eigenvalue weighted by atomic mass is 10.2. The van der Waals surface area contributed by atoms with Crippen LogP contribution in [0.25, 0.3) is 0 Å². The lowest BCUT2D eigenvalue weighted by Gasteiger charge is -2.10. The summed E-state index contributed by atoms with van der Waals surface area (Å²) in [7, 11) is 1.47. The van der Waals surface area contributed by atoms with Crippen LogP contribution in [-0.4, -0.2) is 31.8 Å². The molecule has 3 aromatic carbocycles. The van der Waals surface area contributed by atoms with Crippen LogP contribution in [-0.2, 0) is 4.79 Å². The molecule has 31 heavy (non-hydrogen) atoms. The Balaban J connectivity index is 1.55. The number of ether oxygens (including phenoxy) is 3. The maximum absolute atomic E-state index is 12.2. The molecule has 0 heterocycles. The van der Waals surface area contributed by atoms with Crippen molar-refractivity contribution in [2.24, 2.45) is 5.10 Å². The van der Waals surface area contributed by atoms with Crippen molar-refractivity contribution < 1.29 is 23.8 Å². The number of carbonyl (C=O) groups excluding carboxylic acids is 2. The van der Waals surface area contributed by atoms with E-state index in [-0.39, 0.29) is 12.4 Å². The van der Waals surface area contributed by atoms with Gasteiger partial charge < -0.3 is 14.2 Å². The average Bonchev–Trinajstić information content (AvgIpc) is 2.80. The molecule has 0 aromatic heterocycles. The Morgan fingerprint density at radius 3 is 2.42 bits per heavy atom. The van der Waals surface area contributed by atoms with Gasteiger partial charge in [0.15, 0.2) is 18.1 Å². The predicted molar refractivity (Wildman–Crippen MR) is 117 cm³/mol. The third-order valence-electron chi connectivity index (χ3n) is 4.19. The van der Waals surface area contributed by atoms with Gasteiger partial charge in [-0.05, 0) is 55.0 Å². The smallest absolute Gasteiger partial charge is 0.343 e. The number of hydrazone groups is 1. The summed E-state index contributed by atoms with van der Waals surface area (Å²) in [5.41, 5.74) is 4.59. The monoisotopic (exact) mass is 418 g/mol. The van der Waals surface area contributed by atoms with Crippen LogP contribution < -0.4 is 19.6 Å². The number of benzene rings is 3. The average molecular weight is 418 g/mol. The molecule has 0 saturated carbocycles. The Labute approximate surface area is 180 Å². The first-order valence-corrected chi connectivity index (χ1v) is 9.52. The predicted octanol–water partition coefficient (Wildman–Crippen LogP) is 3.75. The first-order chi connectivity index (χ1) is 15.0. The molecule has 7 heteroatoms. The highest BCUT2D eigenvalue weighted by molar-refractivity contribution is 5.91. The van der Waals surface area contributed by atoms with E-state index in [2.05, 4.69) is 10.5 Å². The Hall–Kier alpha value is -4.13. The van der Waals surface area contributed by atoms with Crippen molar-refractivity contribution >= 4 is 18.1 Å². The molecule has 0 aliphatic rings. The second kappa shape index (κ2) is 10.6. The van der Waals surface area contributed by atoms with Crippen LogP contribution in [0, 0.1) is 6.92 Å². The van der Waals surface area contributed by atoms with Crippen molar-refractivity contribution in [3.63, 3.8) is 0 Å². The topological polar surface area (TPSA) is 86.2 Å². The molecule has 1 N–H and O–H groups in total. The van der Waals surface area contributed by atoms with Crippen molar-refractivity contribution in [3.05, 3.63) is 89.5 Å². The van der Waals surface area contributed by atoms with E-state index in [9.17, 15) is 9.59 Å². The number of hydrogen-bond donors (Lipinski definition) is 1. The van der Waals surface area contributed by atoms with Gasteiger partial charge in [-0.2, -0.15) is 5.10 Å². The van der Waals surface area contributed by atoms with Crippen molar-refractivity contribution in [1.29, 1.82) is 0 Å². The summed E-state index contributed by atoms with van der Waals surface area (Å²) in [6, 6.07) is 21.0. The van der Waals surface area contributed by atoms with E-state index in [4.69, 9.17) is 14.2 Å². The number of amides is 1. The van der Waals surface area contributed by atoms with Crippen LogP contribution in [0.4, 0.5) is 0 Å². The Morgan fingerprint density at radius 1 is 0.968 bits per heavy atom. The Kier molecular flexibility index (Phi) is 7.37. The quantitative estimate of drug-likeness (QED) is 0.261. The van der Waals surface area contributed by atoms with Gasteiger partial charge in [0.2, 0.25) is 0 Å². The highest BCUT2D eigenvalue weighted by Gasteiger charge is 2.12. The number of aryl methyl sites for hydroxylation is 1. The summed E-state index contributed by atoms with van der Waals surface area (Å²) < 4.78 is 16.1. The molecular weight excluding hydrogens is 396 g/mol. The second-order valence-corrected chi connectivity index (χ2v) is 6.56. The van der Waals surface area contributed by atoms with E-state index in [1.165, 1.54) is 13.3 Å². The molecular formula is C24H22N2O5. The van der Waals surface area contributed by atoms with Crippen molar-refractivity contribution in [3.8, 4) is 17.2 Å². The minimum absolute atomic E-state index is 0.155. The molecule has 7 nitrogen and oxygen atoms in total. The fourth-order valence-electron chi connectivity index (χ4n) is 2.58. The van der Waals surface area contributed by atoms with E-state index >= 15 is 0 Å². The van der Waals surface area contributed by atoms with E-state index < -0.39 is 11.9 Å². The number of rotatable bonds is 8. The second-order valence-electron chi connectivity index (χ2n) is 6.56. The van der Waals surface area contributed by atoms with Gasteiger partial charge in [-0.25, -0.2) is 10.2 Å². The third-order valence-corrected chi connectivity index (χ3v) is 4.19. The van der Waals surface area contributed by atoms with Gasteiger partial charge >= 0.3 is 5.97 Å². The third kappa shape index (κ3) is 6.43. The van der Waals surface area contributed by atoms with Gasteiger partial charge in [0.25, 0.3) is 5.91 Å². The minimum Gasteiger partial charge on any atom is -0.493 e. The molecule has 0 aliphatic heterocycles. The van der Waals surface area contributed by atoms with Crippen LogP contribution in [0.5, 0.6) is 17.2 Å². The molecule has 0 radical (unpaired) electrons. The van der Waals surface area contributed by atoms with Crippen LogP contribution in [0.15, 0.2) is 77.9 Å². The molecule has 3 aromatic rings. The molecule has 0 bridgehead atoms. The maximum atomic E-state index is 12.2. The van der Waals surface area contributed by atoms with Gasteiger partial charge in [0.1, 0.15) is 5.75 Å². The van der Waals surface area contributed by atoms with Crippen LogP contribution >= 0.6 is 0 Å². The largest absolute Gasteiger partial charge is 0.493 e. The molecule has 0 aliphatic carbocycles. The normalized spacial score (nSPS) is 10.5. The summed E-state index contributed by atoms with van der Waals surface area (Å²) >= 11 is 0. The van der Waals surface area contributed by atoms with Gasteiger partial charge in [0, 0.05) is 0 Å². The van der Waals surface area contributed by atoms with E-state index in [0.717, 1.165) is 5.56 Å². The number of hydrogen-bond acceptors (Lipinski definition) is 6. The number of carbonyl (C=O) groups is 2. The van der Waals surface area contributed by atoms with Crippen LogP contribution in [0.1, 0.15) is 21.5 Å². The zero-order valence-electron chi connectivity index (χ0n) is 17.2. The summed E-state index contributed by atoms with van der Waals surface area (Å²) in [4.78, 5) is 24.1. The summed E-state index contributed by atoms with van der Waals surface area (Å²) in [6.07, 6.45) is 1.45. The number of nitrogens with one attached hydrogen (secondary N) is 1. The molecule has 0 atom stereocenters. The first-order valence-electron chi connectivity index (χ1n) is 9.52. The number of methoxy groups -OCH3 is 1. The fraction of sp³-hybridized carbons (Fsp3) is 0.125. The molecule has 0 saturated heterocycles. The van der Waals surface area contributed by atoms with Crippen molar-refractivity contribution in [2.75, 3.05) is 13.7 Å². The zero-order chi connectivity index (χ0) is 22.1. The summed E-state index contributed by atoms with van der Waals surface area (Å²) in [6.45, 7) is 1.82. The van der Waals surface area contributed by atoms with Crippen molar-refractivity contribution in [1.82, 2.24) is 5.43 Å². The molecule has 1 amide bonds.